The van der Waals surface area contributed by atoms with Gasteiger partial charge in [0, 0.05) is 25.5 Å². The van der Waals surface area contributed by atoms with Crippen LogP contribution in [0.15, 0.2) is 35.5 Å². The molecule has 5 nitrogen and oxygen atoms in total. The number of nitrogens with one attached hydrogen (secondary N) is 2. The van der Waals surface area contributed by atoms with Crippen molar-refractivity contribution in [2.75, 3.05) is 25.6 Å². The van der Waals surface area contributed by atoms with Gasteiger partial charge in [-0.25, -0.2) is 4.79 Å². The summed E-state index contributed by atoms with van der Waals surface area (Å²) in [6, 6.07) is 7.76. The van der Waals surface area contributed by atoms with E-state index in [2.05, 4.69) is 17.6 Å². The molecule has 24 heavy (non-hydrogen) atoms. The monoisotopic (exact) mass is 347 g/mol. The third kappa shape index (κ3) is 4.26. The van der Waals surface area contributed by atoms with Crippen LogP contribution in [0.2, 0.25) is 0 Å². The van der Waals surface area contributed by atoms with Crippen molar-refractivity contribution in [1.29, 1.82) is 0 Å². The zero-order chi connectivity index (χ0) is 17.7. The minimum absolute atomic E-state index is 0.301. The summed E-state index contributed by atoms with van der Waals surface area (Å²) >= 11 is 5.26. The Morgan fingerprint density at radius 2 is 1.96 bits per heavy atom. The van der Waals surface area contributed by atoms with E-state index in [0.29, 0.717) is 17.3 Å². The van der Waals surface area contributed by atoms with Crippen LogP contribution in [0.1, 0.15) is 38.3 Å². The summed E-state index contributed by atoms with van der Waals surface area (Å²) in [6.07, 6.45) is 1.85. The first-order valence-corrected chi connectivity index (χ1v) is 8.57. The quantitative estimate of drug-likeness (QED) is 0.469. The van der Waals surface area contributed by atoms with Gasteiger partial charge in [0.2, 0.25) is 0 Å². The molecule has 1 aromatic carbocycles. The fourth-order valence-electron chi connectivity index (χ4n) is 2.57. The molecule has 0 amide bonds. The van der Waals surface area contributed by atoms with Gasteiger partial charge < -0.3 is 20.3 Å². The lowest BCUT2D eigenvalue weighted by molar-refractivity contribution is -0.139. The largest absolute Gasteiger partial charge is 0.462 e. The van der Waals surface area contributed by atoms with E-state index in [-0.39, 0.29) is 12.0 Å². The van der Waals surface area contributed by atoms with Gasteiger partial charge in [-0.2, -0.15) is 0 Å². The van der Waals surface area contributed by atoms with Gasteiger partial charge in [0.15, 0.2) is 5.11 Å². The van der Waals surface area contributed by atoms with Crippen LogP contribution in [-0.4, -0.2) is 31.8 Å². The summed E-state index contributed by atoms with van der Waals surface area (Å²) in [5, 5.41) is 6.72. The number of esters is 1. The Kier molecular flexibility index (Phi) is 6.20. The van der Waals surface area contributed by atoms with Gasteiger partial charge >= 0.3 is 5.97 Å². The Labute approximate surface area is 149 Å². The number of nitrogens with zero attached hydrogens (tertiary/aromatic N) is 1. The summed E-state index contributed by atoms with van der Waals surface area (Å²) in [6.45, 7) is 4.35. The van der Waals surface area contributed by atoms with Crippen molar-refractivity contribution in [1.82, 2.24) is 10.6 Å². The predicted molar refractivity (Wildman–Crippen MR) is 101 cm³/mol. The first-order chi connectivity index (χ1) is 11.4. The number of hydrogen-bond donors (Lipinski definition) is 2. The van der Waals surface area contributed by atoms with E-state index in [0.717, 1.165) is 29.8 Å². The molecule has 0 aliphatic carbocycles. The number of allylic oxidation sites excluding steroid dienone is 1. The highest BCUT2D eigenvalue weighted by Gasteiger charge is 2.30. The van der Waals surface area contributed by atoms with E-state index < -0.39 is 0 Å². The number of hydrogen-bond acceptors (Lipinski definition) is 4. The first kappa shape index (κ1) is 18.3. The average molecular weight is 347 g/mol. The van der Waals surface area contributed by atoms with Gasteiger partial charge in [0.05, 0.1) is 18.2 Å². The fourth-order valence-corrected chi connectivity index (χ4v) is 2.84. The van der Waals surface area contributed by atoms with Crippen LogP contribution in [0.5, 0.6) is 0 Å². The second-order valence-electron chi connectivity index (χ2n) is 6.05. The second-order valence-corrected chi connectivity index (χ2v) is 6.45. The molecule has 2 rings (SSSR count). The van der Waals surface area contributed by atoms with Gasteiger partial charge in [0.1, 0.15) is 0 Å². The Hall–Kier alpha value is -2.08. The molecule has 1 aliphatic heterocycles. The van der Waals surface area contributed by atoms with Crippen molar-refractivity contribution < 1.29 is 9.53 Å². The molecular weight excluding hydrogens is 322 g/mol. The summed E-state index contributed by atoms with van der Waals surface area (Å²) in [4.78, 5) is 14.6. The third-order valence-electron chi connectivity index (χ3n) is 3.96. The van der Waals surface area contributed by atoms with Crippen LogP contribution in [0.25, 0.3) is 0 Å². The van der Waals surface area contributed by atoms with Gasteiger partial charge in [-0.1, -0.05) is 25.5 Å². The molecule has 130 valence electrons. The molecule has 0 saturated heterocycles. The van der Waals surface area contributed by atoms with Crippen LogP contribution in [0.4, 0.5) is 5.69 Å². The molecule has 0 bridgehead atoms. The highest BCUT2D eigenvalue weighted by Crippen LogP contribution is 2.28. The van der Waals surface area contributed by atoms with E-state index in [1.165, 1.54) is 0 Å². The van der Waals surface area contributed by atoms with Crippen LogP contribution >= 0.6 is 12.2 Å². The number of thiocarbonyl (C=S) groups is 1. The predicted octanol–water partition coefficient (Wildman–Crippen LogP) is 2.89. The number of ether oxygens (including phenoxy) is 1. The number of anilines is 1. The van der Waals surface area contributed by atoms with Crippen LogP contribution in [-0.2, 0) is 9.53 Å². The van der Waals surface area contributed by atoms with Crippen molar-refractivity contribution in [3.8, 4) is 0 Å². The van der Waals surface area contributed by atoms with E-state index in [4.69, 9.17) is 17.0 Å². The molecule has 0 spiro atoms. The van der Waals surface area contributed by atoms with E-state index in [9.17, 15) is 4.79 Å². The molecule has 6 heteroatoms. The van der Waals surface area contributed by atoms with Crippen molar-refractivity contribution in [3.05, 3.63) is 41.1 Å². The van der Waals surface area contributed by atoms with Crippen LogP contribution in [0.3, 0.4) is 0 Å². The third-order valence-corrected chi connectivity index (χ3v) is 4.18. The van der Waals surface area contributed by atoms with E-state index in [1.807, 2.05) is 50.2 Å². The Bertz CT molecular complexity index is 638. The maximum atomic E-state index is 12.5. The van der Waals surface area contributed by atoms with Crippen LogP contribution < -0.4 is 15.5 Å². The van der Waals surface area contributed by atoms with Crippen molar-refractivity contribution in [3.63, 3.8) is 0 Å². The topological polar surface area (TPSA) is 53.6 Å². The van der Waals surface area contributed by atoms with Gasteiger partial charge in [-0.05, 0) is 43.3 Å². The lowest BCUT2D eigenvalue weighted by atomic mass is 9.95. The molecule has 0 fully saturated rings. The molecular formula is C18H25N3O2S. The van der Waals surface area contributed by atoms with Gasteiger partial charge in [-0.3, -0.25) is 0 Å². The number of carbonyl (C=O) groups excluding carboxylic acids is 1. The maximum absolute atomic E-state index is 12.5. The summed E-state index contributed by atoms with van der Waals surface area (Å²) < 4.78 is 5.41. The molecule has 1 aliphatic rings. The number of benzene rings is 1. The van der Waals surface area contributed by atoms with Crippen molar-refractivity contribution in [2.45, 2.75) is 32.7 Å². The van der Waals surface area contributed by atoms with Gasteiger partial charge in [-0.15, -0.1) is 0 Å². The van der Waals surface area contributed by atoms with Gasteiger partial charge in [0.25, 0.3) is 0 Å². The molecule has 1 aromatic rings. The molecule has 1 atom stereocenters. The number of carbonyl (C=O) groups is 1. The SMILES string of the molecule is CCCCOC(=O)C1=C(C)NC(=S)N[C@@H]1c1ccc(N(C)C)cc1. The minimum Gasteiger partial charge on any atom is -0.462 e. The second kappa shape index (κ2) is 8.15. The van der Waals surface area contributed by atoms with Crippen molar-refractivity contribution >= 4 is 29.0 Å². The Morgan fingerprint density at radius 3 is 2.54 bits per heavy atom. The van der Waals surface area contributed by atoms with E-state index in [1.54, 1.807) is 0 Å². The summed E-state index contributed by atoms with van der Waals surface area (Å²) in [5.74, 6) is -0.301. The maximum Gasteiger partial charge on any atom is 0.338 e. The Morgan fingerprint density at radius 1 is 1.29 bits per heavy atom. The molecule has 0 radical (unpaired) electrons. The summed E-state index contributed by atoms with van der Waals surface area (Å²) in [5.41, 5.74) is 3.40. The fraction of sp³-hybridized carbons (Fsp3) is 0.444. The molecule has 0 aromatic heterocycles. The lowest BCUT2D eigenvalue weighted by Crippen LogP contribution is -2.45. The zero-order valence-corrected chi connectivity index (χ0v) is 15.5. The van der Waals surface area contributed by atoms with Crippen molar-refractivity contribution in [2.24, 2.45) is 0 Å². The lowest BCUT2D eigenvalue weighted by Gasteiger charge is -2.30. The first-order valence-electron chi connectivity index (χ1n) is 8.16. The Balaban J connectivity index is 2.28. The summed E-state index contributed by atoms with van der Waals surface area (Å²) in [7, 11) is 3.99. The highest BCUT2D eigenvalue weighted by molar-refractivity contribution is 7.80. The van der Waals surface area contributed by atoms with Crippen LogP contribution in [0, 0.1) is 0 Å². The molecule has 0 unspecified atom stereocenters. The normalized spacial score (nSPS) is 17.2. The van der Waals surface area contributed by atoms with E-state index >= 15 is 0 Å². The molecule has 1 heterocycles. The number of unbranched alkanes of at least 4 members (excludes halogenated alkanes) is 1. The standard InChI is InChI=1S/C18H25N3O2S/c1-5-6-11-23-17(22)15-12(2)19-18(24)20-16(15)13-7-9-14(10-8-13)21(3)4/h7-10,16H,5-6,11H2,1-4H3,(H2,19,20,24)/t16-/m1/s1. The smallest absolute Gasteiger partial charge is 0.338 e. The molecule has 2 N–H and O–H groups in total. The number of rotatable bonds is 6. The zero-order valence-electron chi connectivity index (χ0n) is 14.7. The highest BCUT2D eigenvalue weighted by atomic mass is 32.1. The minimum atomic E-state index is -0.302. The average Bonchev–Trinajstić information content (AvgIpc) is 2.54. The molecule has 0 saturated carbocycles.